The molecule has 0 saturated carbocycles. The van der Waals surface area contributed by atoms with Crippen molar-refractivity contribution in [2.24, 2.45) is 9.98 Å². The number of nitrogens with one attached hydrogen (secondary N) is 1. The highest BCUT2D eigenvalue weighted by atomic mass is 28.3. The molecule has 1 N–H and O–H groups in total. The molecule has 1 aliphatic heterocycles. The minimum absolute atomic E-state index is 0.660. The average molecular weight is 377 g/mol. The molecule has 1 aliphatic rings. The van der Waals surface area contributed by atoms with Crippen LogP contribution in [0.2, 0.25) is 39.3 Å². The molecule has 1 saturated heterocycles. The van der Waals surface area contributed by atoms with Gasteiger partial charge in [0.05, 0.1) is 22.7 Å². The van der Waals surface area contributed by atoms with Crippen molar-refractivity contribution in [1.82, 2.24) is 4.90 Å². The van der Waals surface area contributed by atoms with Crippen LogP contribution in [0.15, 0.2) is 40.3 Å². The summed E-state index contributed by atoms with van der Waals surface area (Å²) < 4.78 is 5.80. The zero-order valence-corrected chi connectivity index (χ0v) is 18.5. The summed E-state index contributed by atoms with van der Waals surface area (Å²) in [6.45, 7) is 15.4. The largest absolute Gasteiger partial charge is 0.463 e. The Morgan fingerprint density at radius 1 is 1.04 bits per heavy atom. The Labute approximate surface area is 154 Å². The van der Waals surface area contributed by atoms with E-state index in [-0.39, 0.29) is 0 Å². The first-order chi connectivity index (χ1) is 11.6. The predicted octanol–water partition coefficient (Wildman–Crippen LogP) is 3.90. The maximum atomic E-state index is 5.80. The molecule has 0 spiro atoms. The third kappa shape index (κ3) is 7.03. The minimum atomic E-state index is -1.29. The van der Waals surface area contributed by atoms with Crippen molar-refractivity contribution in [2.45, 2.75) is 39.3 Å². The summed E-state index contributed by atoms with van der Waals surface area (Å²) in [4.78, 5) is 11.8. The normalized spacial score (nSPS) is 17.8. The van der Waals surface area contributed by atoms with Crippen LogP contribution in [0, 0.1) is 0 Å². The van der Waals surface area contributed by atoms with Crippen LogP contribution in [0.3, 0.4) is 0 Å². The topological polar surface area (TPSA) is 49.2 Å². The lowest BCUT2D eigenvalue weighted by molar-refractivity contribution is 0.351. The Morgan fingerprint density at radius 2 is 1.68 bits per heavy atom. The van der Waals surface area contributed by atoms with Crippen molar-refractivity contribution in [2.75, 3.05) is 30.8 Å². The van der Waals surface area contributed by atoms with Gasteiger partial charge < -0.3 is 10.1 Å². The van der Waals surface area contributed by atoms with E-state index in [0.29, 0.717) is 12.6 Å². The SMILES string of the molecule is C[Si](C)(C)C/N=C(/Nc1ccccc1)N1CCO/C1=N/C[Si](C)(C)C. The van der Waals surface area contributed by atoms with Gasteiger partial charge in [0.2, 0.25) is 5.96 Å². The predicted molar refractivity (Wildman–Crippen MR) is 114 cm³/mol. The molecule has 0 atom stereocenters. The molecule has 138 valence electrons. The fourth-order valence-corrected chi connectivity index (χ4v) is 3.42. The van der Waals surface area contributed by atoms with Crippen LogP contribution in [0.4, 0.5) is 5.69 Å². The van der Waals surface area contributed by atoms with E-state index in [2.05, 4.69) is 61.6 Å². The molecule has 0 bridgehead atoms. The van der Waals surface area contributed by atoms with E-state index in [1.54, 1.807) is 0 Å². The minimum Gasteiger partial charge on any atom is -0.463 e. The molecular formula is C18H32N4OSi2. The molecule has 0 aromatic heterocycles. The number of amidine groups is 1. The van der Waals surface area contributed by atoms with Crippen molar-refractivity contribution in [3.8, 4) is 0 Å². The van der Waals surface area contributed by atoms with Crippen molar-refractivity contribution >= 4 is 33.8 Å². The lowest BCUT2D eigenvalue weighted by atomic mass is 10.3. The molecule has 5 nitrogen and oxygen atoms in total. The number of ether oxygens (including phenoxy) is 1. The zero-order valence-electron chi connectivity index (χ0n) is 16.5. The molecule has 1 aromatic rings. The van der Waals surface area contributed by atoms with Gasteiger partial charge in [-0.05, 0) is 12.1 Å². The lowest BCUT2D eigenvalue weighted by Gasteiger charge is -2.22. The van der Waals surface area contributed by atoms with E-state index in [1.165, 1.54) is 0 Å². The molecule has 0 amide bonds. The highest BCUT2D eigenvalue weighted by Gasteiger charge is 2.27. The first kappa shape index (κ1) is 19.7. The number of hydrogen-bond donors (Lipinski definition) is 1. The standard InChI is InChI=1S/C18H32N4OSi2/c1-24(2,3)14-19-17(21-16-10-8-7-9-11-16)22-12-13-23-18(22)20-15-25(4,5)6/h7-11H,12-15H2,1-6H3,(H,19,21)/b20-18+. The van der Waals surface area contributed by atoms with Crippen LogP contribution in [0.25, 0.3) is 0 Å². The Bertz CT molecular complexity index is 618. The van der Waals surface area contributed by atoms with Gasteiger partial charge in [-0.3, -0.25) is 9.89 Å². The van der Waals surface area contributed by atoms with Crippen LogP contribution in [-0.2, 0) is 4.74 Å². The van der Waals surface area contributed by atoms with E-state index in [9.17, 15) is 0 Å². The summed E-state index contributed by atoms with van der Waals surface area (Å²) in [5.41, 5.74) is 1.04. The second-order valence-corrected chi connectivity index (χ2v) is 19.7. The summed E-state index contributed by atoms with van der Waals surface area (Å²) >= 11 is 0. The van der Waals surface area contributed by atoms with Crippen molar-refractivity contribution in [1.29, 1.82) is 0 Å². The first-order valence-corrected chi connectivity index (χ1v) is 16.4. The van der Waals surface area contributed by atoms with Crippen LogP contribution in [0.5, 0.6) is 0 Å². The molecule has 1 fully saturated rings. The Kier molecular flexibility index (Phi) is 6.45. The Hall–Kier alpha value is -1.61. The maximum Gasteiger partial charge on any atom is 0.294 e. The Morgan fingerprint density at radius 3 is 2.28 bits per heavy atom. The van der Waals surface area contributed by atoms with Crippen molar-refractivity contribution in [3.63, 3.8) is 0 Å². The van der Waals surface area contributed by atoms with E-state index < -0.39 is 16.1 Å². The van der Waals surface area contributed by atoms with Gasteiger partial charge in [-0.2, -0.15) is 0 Å². The highest BCUT2D eigenvalue weighted by Crippen LogP contribution is 2.13. The van der Waals surface area contributed by atoms with E-state index in [1.807, 2.05) is 18.2 Å². The van der Waals surface area contributed by atoms with Gasteiger partial charge in [0.1, 0.15) is 6.61 Å². The molecule has 1 aromatic carbocycles. The second-order valence-electron chi connectivity index (χ2n) is 8.85. The van der Waals surface area contributed by atoms with Crippen LogP contribution >= 0.6 is 0 Å². The van der Waals surface area contributed by atoms with Crippen LogP contribution < -0.4 is 5.32 Å². The number of rotatable bonds is 5. The highest BCUT2D eigenvalue weighted by molar-refractivity contribution is 6.76. The summed E-state index contributed by atoms with van der Waals surface area (Å²) in [5.74, 6) is 0.848. The van der Waals surface area contributed by atoms with Gasteiger partial charge in [0, 0.05) is 18.0 Å². The number of benzene rings is 1. The number of nitrogens with zero attached hydrogens (tertiary/aromatic N) is 3. The smallest absolute Gasteiger partial charge is 0.294 e. The lowest BCUT2D eigenvalue weighted by Crippen LogP contribution is -2.40. The third-order valence-electron chi connectivity index (χ3n) is 3.45. The van der Waals surface area contributed by atoms with Crippen LogP contribution in [-0.4, -0.2) is 58.5 Å². The van der Waals surface area contributed by atoms with E-state index >= 15 is 0 Å². The quantitative estimate of drug-likeness (QED) is 0.482. The van der Waals surface area contributed by atoms with Crippen LogP contribution in [0.1, 0.15) is 0 Å². The van der Waals surface area contributed by atoms with Gasteiger partial charge in [-0.25, -0.2) is 4.99 Å². The molecule has 0 unspecified atom stereocenters. The average Bonchev–Trinajstić information content (AvgIpc) is 2.97. The molecule has 7 heteroatoms. The van der Waals surface area contributed by atoms with Gasteiger partial charge in [-0.15, -0.1) is 0 Å². The molecule has 0 radical (unpaired) electrons. The monoisotopic (exact) mass is 376 g/mol. The molecule has 0 aliphatic carbocycles. The maximum absolute atomic E-state index is 5.80. The van der Waals surface area contributed by atoms with E-state index in [4.69, 9.17) is 14.7 Å². The number of para-hydroxylation sites is 1. The van der Waals surface area contributed by atoms with E-state index in [0.717, 1.165) is 30.5 Å². The third-order valence-corrected chi connectivity index (χ3v) is 5.67. The summed E-state index contributed by atoms with van der Waals surface area (Å²) in [6.07, 6.45) is 1.74. The molecule has 2 rings (SSSR count). The second kappa shape index (κ2) is 8.18. The fraction of sp³-hybridized carbons (Fsp3) is 0.556. The van der Waals surface area contributed by atoms with Gasteiger partial charge in [0.25, 0.3) is 6.02 Å². The molecule has 25 heavy (non-hydrogen) atoms. The summed E-state index contributed by atoms with van der Waals surface area (Å²) in [6, 6.07) is 10.9. The number of anilines is 1. The zero-order chi connectivity index (χ0) is 18.5. The first-order valence-electron chi connectivity index (χ1n) is 8.95. The number of aliphatic imine (C=N–C) groups is 2. The van der Waals surface area contributed by atoms with Gasteiger partial charge in [-0.1, -0.05) is 57.5 Å². The molecular weight excluding hydrogens is 344 g/mol. The molecule has 1 heterocycles. The Balaban J connectivity index is 2.24. The van der Waals surface area contributed by atoms with Gasteiger partial charge >= 0.3 is 0 Å². The number of guanidine groups is 1. The van der Waals surface area contributed by atoms with Crippen molar-refractivity contribution < 1.29 is 4.74 Å². The fourth-order valence-electron chi connectivity index (χ4n) is 2.19. The van der Waals surface area contributed by atoms with Crippen molar-refractivity contribution in [3.05, 3.63) is 30.3 Å². The summed E-state index contributed by atoms with van der Waals surface area (Å²) in [7, 11) is -2.55. The summed E-state index contributed by atoms with van der Waals surface area (Å²) in [5, 5.41) is 3.47. The van der Waals surface area contributed by atoms with Gasteiger partial charge in [0.15, 0.2) is 0 Å². The number of hydrogen-bond acceptors (Lipinski definition) is 3.